The van der Waals surface area contributed by atoms with Gasteiger partial charge in [0, 0.05) is 25.5 Å². The Balaban J connectivity index is 1.79. The second-order valence-electron chi connectivity index (χ2n) is 6.04. The Bertz CT molecular complexity index is 723. The number of anilines is 1. The summed E-state index contributed by atoms with van der Waals surface area (Å²) in [5.41, 5.74) is 2.72. The Labute approximate surface area is 164 Å². The highest BCUT2D eigenvalue weighted by molar-refractivity contribution is 8.00. The van der Waals surface area contributed by atoms with E-state index in [1.807, 2.05) is 49.4 Å². The van der Waals surface area contributed by atoms with Gasteiger partial charge in [-0.25, -0.2) is 0 Å². The molecule has 7 heteroatoms. The van der Waals surface area contributed by atoms with E-state index in [1.54, 1.807) is 18.2 Å². The molecule has 1 aromatic heterocycles. The largest absolute Gasteiger partial charge is 0.383 e. The van der Waals surface area contributed by atoms with E-state index < -0.39 is 0 Å². The van der Waals surface area contributed by atoms with Gasteiger partial charge in [0.25, 0.3) is 0 Å². The maximum Gasteiger partial charge on any atom is 0.234 e. The van der Waals surface area contributed by atoms with E-state index in [4.69, 9.17) is 4.74 Å². The predicted molar refractivity (Wildman–Crippen MR) is 109 cm³/mol. The summed E-state index contributed by atoms with van der Waals surface area (Å²) in [5, 5.41) is 2.83. The van der Waals surface area contributed by atoms with Gasteiger partial charge in [-0.3, -0.25) is 14.6 Å². The van der Waals surface area contributed by atoms with Crippen LogP contribution >= 0.6 is 11.8 Å². The molecule has 27 heavy (non-hydrogen) atoms. The van der Waals surface area contributed by atoms with Crippen molar-refractivity contribution >= 4 is 29.3 Å². The molecule has 2 rings (SSSR count). The molecule has 0 saturated heterocycles. The number of pyridine rings is 1. The van der Waals surface area contributed by atoms with Gasteiger partial charge in [0.15, 0.2) is 0 Å². The first-order valence-electron chi connectivity index (χ1n) is 8.69. The second-order valence-corrected chi connectivity index (χ2v) is 7.02. The minimum absolute atomic E-state index is 0.0363. The van der Waals surface area contributed by atoms with Gasteiger partial charge in [-0.1, -0.05) is 23.8 Å². The number of rotatable bonds is 10. The van der Waals surface area contributed by atoms with Gasteiger partial charge in [-0.05, 0) is 31.2 Å². The molecule has 0 aliphatic heterocycles. The van der Waals surface area contributed by atoms with Crippen LogP contribution < -0.4 is 5.32 Å². The van der Waals surface area contributed by atoms with E-state index in [0.717, 1.165) is 16.9 Å². The number of benzene rings is 1. The molecule has 0 radical (unpaired) electrons. The zero-order valence-electron chi connectivity index (χ0n) is 15.7. The van der Waals surface area contributed by atoms with Crippen molar-refractivity contribution in [3.05, 3.63) is 59.9 Å². The molecular weight excluding hydrogens is 362 g/mol. The summed E-state index contributed by atoms with van der Waals surface area (Å²) < 4.78 is 5.09. The molecule has 1 heterocycles. The average Bonchev–Trinajstić information content (AvgIpc) is 2.67. The Morgan fingerprint density at radius 1 is 1.15 bits per heavy atom. The molecule has 0 fully saturated rings. The minimum Gasteiger partial charge on any atom is -0.383 e. The second kappa shape index (κ2) is 11.4. The lowest BCUT2D eigenvalue weighted by Crippen LogP contribution is -2.35. The number of amides is 2. The average molecular weight is 388 g/mol. The maximum absolute atomic E-state index is 12.5. The zero-order valence-corrected chi connectivity index (χ0v) is 16.5. The molecule has 0 saturated carbocycles. The Morgan fingerprint density at radius 2 is 1.93 bits per heavy atom. The first kappa shape index (κ1) is 20.9. The third kappa shape index (κ3) is 7.80. The minimum atomic E-state index is -0.121. The van der Waals surface area contributed by atoms with Crippen LogP contribution in [0.2, 0.25) is 0 Å². The van der Waals surface area contributed by atoms with Crippen molar-refractivity contribution in [3.8, 4) is 0 Å². The van der Waals surface area contributed by atoms with Crippen LogP contribution in [-0.4, -0.2) is 53.5 Å². The number of hydrogen-bond acceptors (Lipinski definition) is 5. The smallest absolute Gasteiger partial charge is 0.234 e. The lowest BCUT2D eigenvalue weighted by Gasteiger charge is -2.22. The number of hydrogen-bond donors (Lipinski definition) is 1. The van der Waals surface area contributed by atoms with E-state index in [1.165, 1.54) is 11.8 Å². The molecule has 2 amide bonds. The third-order valence-electron chi connectivity index (χ3n) is 3.79. The Kier molecular flexibility index (Phi) is 8.80. The van der Waals surface area contributed by atoms with E-state index in [2.05, 4.69) is 10.3 Å². The number of carbonyl (C=O) groups is 2. The summed E-state index contributed by atoms with van der Waals surface area (Å²) in [7, 11) is 1.60. The number of nitrogens with one attached hydrogen (secondary N) is 1. The van der Waals surface area contributed by atoms with Gasteiger partial charge in [0.1, 0.15) is 0 Å². The van der Waals surface area contributed by atoms with Crippen molar-refractivity contribution in [1.29, 1.82) is 0 Å². The SMILES string of the molecule is COCCN(Cc1ccccn1)C(=O)CSCC(=O)Nc1ccc(C)cc1. The number of aromatic nitrogens is 1. The van der Waals surface area contributed by atoms with E-state index >= 15 is 0 Å². The molecule has 0 unspecified atom stereocenters. The van der Waals surface area contributed by atoms with Crippen LogP contribution in [0.5, 0.6) is 0 Å². The van der Waals surface area contributed by atoms with Crippen molar-refractivity contribution < 1.29 is 14.3 Å². The number of methoxy groups -OCH3 is 1. The fourth-order valence-electron chi connectivity index (χ4n) is 2.34. The van der Waals surface area contributed by atoms with E-state index in [9.17, 15) is 9.59 Å². The molecule has 6 nitrogen and oxygen atoms in total. The third-order valence-corrected chi connectivity index (χ3v) is 4.71. The van der Waals surface area contributed by atoms with Gasteiger partial charge >= 0.3 is 0 Å². The normalized spacial score (nSPS) is 10.4. The van der Waals surface area contributed by atoms with Gasteiger partial charge in [0.2, 0.25) is 11.8 Å². The van der Waals surface area contributed by atoms with Crippen LogP contribution in [0.4, 0.5) is 5.69 Å². The summed E-state index contributed by atoms with van der Waals surface area (Å²) in [6.07, 6.45) is 1.71. The summed E-state index contributed by atoms with van der Waals surface area (Å²) in [4.78, 5) is 30.5. The molecule has 0 bridgehead atoms. The molecule has 1 N–H and O–H groups in total. The van der Waals surface area contributed by atoms with Gasteiger partial charge in [-0.15, -0.1) is 11.8 Å². The summed E-state index contributed by atoms with van der Waals surface area (Å²) in [6, 6.07) is 13.2. The Hall–Kier alpha value is -2.38. The number of aryl methyl sites for hydroxylation is 1. The molecule has 2 aromatic rings. The Morgan fingerprint density at radius 3 is 2.59 bits per heavy atom. The molecular formula is C20H25N3O3S. The quantitative estimate of drug-likeness (QED) is 0.679. The lowest BCUT2D eigenvalue weighted by molar-refractivity contribution is -0.129. The van der Waals surface area contributed by atoms with Crippen LogP contribution in [0.15, 0.2) is 48.7 Å². The zero-order chi connectivity index (χ0) is 19.5. The summed E-state index contributed by atoms with van der Waals surface area (Å²) in [5.74, 6) is 0.301. The molecule has 0 spiro atoms. The molecule has 144 valence electrons. The van der Waals surface area contributed by atoms with Crippen molar-refractivity contribution in [2.45, 2.75) is 13.5 Å². The van der Waals surface area contributed by atoms with Crippen LogP contribution in [0.1, 0.15) is 11.3 Å². The number of ether oxygens (including phenoxy) is 1. The van der Waals surface area contributed by atoms with E-state index in [-0.39, 0.29) is 23.3 Å². The van der Waals surface area contributed by atoms with Crippen molar-refractivity contribution in [1.82, 2.24) is 9.88 Å². The number of carbonyl (C=O) groups excluding carboxylic acids is 2. The van der Waals surface area contributed by atoms with Gasteiger partial charge in [-0.2, -0.15) is 0 Å². The monoisotopic (exact) mass is 387 g/mol. The maximum atomic E-state index is 12.5. The molecule has 0 aliphatic carbocycles. The number of nitrogens with zero attached hydrogens (tertiary/aromatic N) is 2. The first-order valence-corrected chi connectivity index (χ1v) is 9.85. The predicted octanol–water partition coefficient (Wildman–Crippen LogP) is 2.74. The van der Waals surface area contributed by atoms with Crippen LogP contribution in [0.3, 0.4) is 0 Å². The molecule has 0 aliphatic rings. The van der Waals surface area contributed by atoms with Crippen LogP contribution in [-0.2, 0) is 20.9 Å². The highest BCUT2D eigenvalue weighted by atomic mass is 32.2. The fraction of sp³-hybridized carbons (Fsp3) is 0.350. The fourth-order valence-corrected chi connectivity index (χ4v) is 3.05. The van der Waals surface area contributed by atoms with Gasteiger partial charge < -0.3 is 15.0 Å². The summed E-state index contributed by atoms with van der Waals surface area (Å²) in [6.45, 7) is 3.37. The van der Waals surface area contributed by atoms with Crippen molar-refractivity contribution in [2.24, 2.45) is 0 Å². The highest BCUT2D eigenvalue weighted by Crippen LogP contribution is 2.11. The highest BCUT2D eigenvalue weighted by Gasteiger charge is 2.15. The van der Waals surface area contributed by atoms with Crippen molar-refractivity contribution in [3.63, 3.8) is 0 Å². The van der Waals surface area contributed by atoms with Crippen LogP contribution in [0.25, 0.3) is 0 Å². The standard InChI is InChI=1S/C20H25N3O3S/c1-16-6-8-17(9-7-16)22-19(24)14-27-15-20(25)23(11-12-26-2)13-18-5-3-4-10-21-18/h3-10H,11-15H2,1-2H3,(H,22,24). The van der Waals surface area contributed by atoms with Gasteiger partial charge in [0.05, 0.1) is 30.4 Å². The van der Waals surface area contributed by atoms with Crippen molar-refractivity contribution in [2.75, 3.05) is 37.1 Å². The van der Waals surface area contributed by atoms with E-state index in [0.29, 0.717) is 19.7 Å². The lowest BCUT2D eigenvalue weighted by atomic mass is 10.2. The first-order chi connectivity index (χ1) is 13.1. The topological polar surface area (TPSA) is 71.5 Å². The molecule has 0 atom stereocenters. The molecule has 1 aromatic carbocycles. The van der Waals surface area contributed by atoms with Crippen LogP contribution in [0, 0.1) is 6.92 Å². The summed E-state index contributed by atoms with van der Waals surface area (Å²) >= 11 is 1.30. The number of thioether (sulfide) groups is 1.